The van der Waals surface area contributed by atoms with Crippen LogP contribution in [0.3, 0.4) is 0 Å². The minimum Gasteiger partial charge on any atom is -0.399 e. The molecule has 0 fully saturated rings. The summed E-state index contributed by atoms with van der Waals surface area (Å²) in [5.41, 5.74) is 6.15. The van der Waals surface area contributed by atoms with Crippen LogP contribution >= 0.6 is 31.9 Å². The highest BCUT2D eigenvalue weighted by molar-refractivity contribution is 9.11. The van der Waals surface area contributed by atoms with E-state index in [1.54, 1.807) is 12.1 Å². The lowest BCUT2D eigenvalue weighted by atomic mass is 10.3. The molecule has 0 aliphatic heterocycles. The lowest BCUT2D eigenvalue weighted by molar-refractivity contribution is 0.556. The van der Waals surface area contributed by atoms with E-state index in [2.05, 4.69) is 36.6 Å². The van der Waals surface area contributed by atoms with Gasteiger partial charge in [0.2, 0.25) is 10.0 Å². The Morgan fingerprint density at radius 1 is 1.17 bits per heavy atom. The lowest BCUT2D eigenvalue weighted by Crippen LogP contribution is -2.33. The fraction of sp³-hybridized carbons (Fsp3) is 0.273. The SMILES string of the molecule is Nc1cc(Br)c(S(=O)(=O)NC2CC=CC2)c(Br)c1. The van der Waals surface area contributed by atoms with Crippen molar-refractivity contribution in [2.24, 2.45) is 0 Å². The Morgan fingerprint density at radius 3 is 2.17 bits per heavy atom. The van der Waals surface area contributed by atoms with E-state index < -0.39 is 10.0 Å². The summed E-state index contributed by atoms with van der Waals surface area (Å²) in [5.74, 6) is 0. The Hall–Kier alpha value is -0.370. The molecule has 18 heavy (non-hydrogen) atoms. The Kier molecular flexibility index (Phi) is 4.15. The van der Waals surface area contributed by atoms with Gasteiger partial charge in [0.1, 0.15) is 4.90 Å². The average molecular weight is 396 g/mol. The Balaban J connectivity index is 2.35. The summed E-state index contributed by atoms with van der Waals surface area (Å²) < 4.78 is 28.2. The second kappa shape index (κ2) is 5.32. The number of hydrogen-bond acceptors (Lipinski definition) is 3. The molecule has 1 aromatic rings. The number of rotatable bonds is 3. The minimum absolute atomic E-state index is 0.0636. The number of hydrogen-bond donors (Lipinski definition) is 2. The van der Waals surface area contributed by atoms with Crippen molar-refractivity contribution in [2.45, 2.75) is 23.8 Å². The van der Waals surface area contributed by atoms with Gasteiger partial charge in [0.05, 0.1) is 0 Å². The van der Waals surface area contributed by atoms with Crippen molar-refractivity contribution in [3.63, 3.8) is 0 Å². The standard InChI is InChI=1S/C11H12Br2N2O2S/c12-9-5-7(14)6-10(13)11(9)18(16,17)15-8-3-1-2-4-8/h1-2,5-6,8,15H,3-4,14H2. The third-order valence-electron chi connectivity index (χ3n) is 2.62. The molecule has 1 aliphatic carbocycles. The van der Waals surface area contributed by atoms with E-state index in [4.69, 9.17) is 5.73 Å². The third-order valence-corrected chi connectivity index (χ3v) is 6.02. The summed E-state index contributed by atoms with van der Waals surface area (Å²) in [6, 6.07) is 3.09. The maximum atomic E-state index is 12.3. The quantitative estimate of drug-likeness (QED) is 0.610. The molecule has 0 amide bonds. The monoisotopic (exact) mass is 394 g/mol. The topological polar surface area (TPSA) is 72.2 Å². The molecular formula is C11H12Br2N2O2S. The van der Waals surface area contributed by atoms with Gasteiger partial charge in [-0.25, -0.2) is 13.1 Å². The number of anilines is 1. The molecule has 1 aliphatic rings. The first-order chi connectivity index (χ1) is 8.40. The number of nitrogens with two attached hydrogens (primary N) is 1. The predicted octanol–water partition coefficient (Wildman–Crippen LogP) is 2.79. The largest absolute Gasteiger partial charge is 0.399 e. The van der Waals surface area contributed by atoms with E-state index in [0.29, 0.717) is 14.6 Å². The maximum Gasteiger partial charge on any atom is 0.243 e. The first kappa shape index (κ1) is 14.0. The number of nitrogens with one attached hydrogen (secondary N) is 1. The summed E-state index contributed by atoms with van der Waals surface area (Å²) in [4.78, 5) is 0.184. The van der Waals surface area contributed by atoms with Crippen molar-refractivity contribution < 1.29 is 8.42 Å². The van der Waals surface area contributed by atoms with Gasteiger partial charge in [0, 0.05) is 20.7 Å². The van der Waals surface area contributed by atoms with Crippen molar-refractivity contribution in [3.8, 4) is 0 Å². The molecule has 0 unspecified atom stereocenters. The molecule has 0 saturated heterocycles. The van der Waals surface area contributed by atoms with Crippen molar-refractivity contribution in [1.29, 1.82) is 0 Å². The van der Waals surface area contributed by atoms with Crippen LogP contribution in [0.4, 0.5) is 5.69 Å². The van der Waals surface area contributed by atoms with Crippen molar-refractivity contribution in [3.05, 3.63) is 33.2 Å². The average Bonchev–Trinajstić information content (AvgIpc) is 2.66. The zero-order valence-corrected chi connectivity index (χ0v) is 13.3. The van der Waals surface area contributed by atoms with Crippen LogP contribution < -0.4 is 10.5 Å². The summed E-state index contributed by atoms with van der Waals surface area (Å²) in [6.45, 7) is 0. The fourth-order valence-electron chi connectivity index (χ4n) is 1.83. The Morgan fingerprint density at radius 2 is 1.67 bits per heavy atom. The molecule has 7 heteroatoms. The van der Waals surface area contributed by atoms with Crippen LogP contribution in [0.15, 0.2) is 38.1 Å². The zero-order valence-electron chi connectivity index (χ0n) is 9.36. The van der Waals surface area contributed by atoms with Crippen LogP contribution in [-0.4, -0.2) is 14.5 Å². The smallest absolute Gasteiger partial charge is 0.243 e. The lowest BCUT2D eigenvalue weighted by Gasteiger charge is -2.15. The fourth-order valence-corrected chi connectivity index (χ4v) is 5.71. The molecule has 2 rings (SSSR count). The van der Waals surface area contributed by atoms with Crippen LogP contribution in [0, 0.1) is 0 Å². The second-order valence-corrected chi connectivity index (χ2v) is 7.43. The zero-order chi connectivity index (χ0) is 13.3. The van der Waals surface area contributed by atoms with Gasteiger partial charge in [-0.15, -0.1) is 0 Å². The summed E-state index contributed by atoms with van der Waals surface area (Å²) in [5, 5.41) is 0. The van der Waals surface area contributed by atoms with Gasteiger partial charge in [-0.05, 0) is 56.8 Å². The van der Waals surface area contributed by atoms with Gasteiger partial charge in [-0.2, -0.15) is 0 Å². The molecule has 0 heterocycles. The van der Waals surface area contributed by atoms with Crippen molar-refractivity contribution in [1.82, 2.24) is 4.72 Å². The highest BCUT2D eigenvalue weighted by Gasteiger charge is 2.25. The Bertz CT molecular complexity index is 568. The van der Waals surface area contributed by atoms with E-state index in [-0.39, 0.29) is 10.9 Å². The normalized spacial score (nSPS) is 16.3. The van der Waals surface area contributed by atoms with E-state index in [1.807, 2.05) is 12.2 Å². The first-order valence-electron chi connectivity index (χ1n) is 5.32. The Labute approximate surface area is 123 Å². The van der Waals surface area contributed by atoms with Gasteiger partial charge in [0.25, 0.3) is 0 Å². The van der Waals surface area contributed by atoms with Gasteiger partial charge in [-0.3, -0.25) is 0 Å². The molecular weight excluding hydrogens is 384 g/mol. The number of nitrogen functional groups attached to an aromatic ring is 1. The second-order valence-electron chi connectivity index (χ2n) is 4.07. The molecule has 0 aromatic heterocycles. The maximum absolute atomic E-state index is 12.3. The van der Waals surface area contributed by atoms with Crippen LogP contribution in [0.25, 0.3) is 0 Å². The minimum atomic E-state index is -3.56. The van der Waals surface area contributed by atoms with Crippen molar-refractivity contribution in [2.75, 3.05) is 5.73 Å². The van der Waals surface area contributed by atoms with Crippen molar-refractivity contribution >= 4 is 47.6 Å². The molecule has 0 spiro atoms. The molecule has 4 nitrogen and oxygen atoms in total. The molecule has 0 atom stereocenters. The predicted molar refractivity (Wildman–Crippen MR) is 78.7 cm³/mol. The first-order valence-corrected chi connectivity index (χ1v) is 8.39. The van der Waals surface area contributed by atoms with Gasteiger partial charge in [0.15, 0.2) is 0 Å². The molecule has 98 valence electrons. The molecule has 0 radical (unpaired) electrons. The van der Waals surface area contributed by atoms with Gasteiger partial charge in [-0.1, -0.05) is 12.2 Å². The van der Waals surface area contributed by atoms with Crippen LogP contribution in [0.1, 0.15) is 12.8 Å². The molecule has 1 aromatic carbocycles. The summed E-state index contributed by atoms with van der Waals surface area (Å²) >= 11 is 6.48. The van der Waals surface area contributed by atoms with E-state index >= 15 is 0 Å². The number of halogens is 2. The van der Waals surface area contributed by atoms with E-state index in [0.717, 1.165) is 12.8 Å². The third kappa shape index (κ3) is 2.96. The summed E-state index contributed by atoms with van der Waals surface area (Å²) in [7, 11) is -3.56. The highest BCUT2D eigenvalue weighted by Crippen LogP contribution is 2.32. The van der Waals surface area contributed by atoms with E-state index in [1.165, 1.54) is 0 Å². The highest BCUT2D eigenvalue weighted by atomic mass is 79.9. The summed E-state index contributed by atoms with van der Waals surface area (Å²) in [6.07, 6.45) is 5.40. The molecule has 0 saturated carbocycles. The van der Waals surface area contributed by atoms with Crippen LogP contribution in [0.5, 0.6) is 0 Å². The molecule has 0 bridgehead atoms. The van der Waals surface area contributed by atoms with Gasteiger partial charge >= 0.3 is 0 Å². The number of benzene rings is 1. The molecule has 3 N–H and O–H groups in total. The van der Waals surface area contributed by atoms with Crippen LogP contribution in [0.2, 0.25) is 0 Å². The van der Waals surface area contributed by atoms with Gasteiger partial charge < -0.3 is 5.73 Å². The number of sulfonamides is 1. The van der Waals surface area contributed by atoms with Crippen LogP contribution in [-0.2, 0) is 10.0 Å². The van der Waals surface area contributed by atoms with E-state index in [9.17, 15) is 8.42 Å².